The van der Waals surface area contributed by atoms with Crippen molar-refractivity contribution in [3.63, 3.8) is 0 Å². The minimum absolute atomic E-state index is 0.0112. The van der Waals surface area contributed by atoms with Crippen molar-refractivity contribution in [2.75, 3.05) is 19.7 Å². The molecule has 0 aromatic carbocycles. The van der Waals surface area contributed by atoms with Gasteiger partial charge in [-0.3, -0.25) is 14.7 Å². The molecule has 1 saturated heterocycles. The summed E-state index contributed by atoms with van der Waals surface area (Å²) in [6.07, 6.45) is 6.65. The maximum absolute atomic E-state index is 12.3. The highest BCUT2D eigenvalue weighted by Gasteiger charge is 2.29. The molecular formula is C16H25N3O2. The van der Waals surface area contributed by atoms with Gasteiger partial charge in [0, 0.05) is 12.2 Å². The lowest BCUT2D eigenvalue weighted by molar-refractivity contribution is -0.128. The van der Waals surface area contributed by atoms with Crippen LogP contribution in [0, 0.1) is 0 Å². The molecule has 1 aliphatic rings. The molecule has 5 nitrogen and oxygen atoms in total. The molecule has 1 aliphatic heterocycles. The summed E-state index contributed by atoms with van der Waals surface area (Å²) in [5.41, 5.74) is 0. The van der Waals surface area contributed by atoms with Gasteiger partial charge in [-0.1, -0.05) is 6.42 Å². The Labute approximate surface area is 126 Å². The number of hydrogen-bond acceptors (Lipinski definition) is 4. The number of carbonyl (C=O) groups excluding carboxylic acids is 1. The van der Waals surface area contributed by atoms with Crippen LogP contribution in [0.2, 0.25) is 0 Å². The zero-order chi connectivity index (χ0) is 15.1. The van der Waals surface area contributed by atoms with Crippen LogP contribution in [-0.4, -0.2) is 47.6 Å². The average molecular weight is 291 g/mol. The largest absolute Gasteiger partial charge is 0.490 e. The fourth-order valence-electron chi connectivity index (χ4n) is 2.75. The van der Waals surface area contributed by atoms with Gasteiger partial charge >= 0.3 is 0 Å². The molecule has 0 radical (unpaired) electrons. The Morgan fingerprint density at radius 3 is 3.10 bits per heavy atom. The first kappa shape index (κ1) is 15.8. The van der Waals surface area contributed by atoms with E-state index in [1.807, 2.05) is 12.1 Å². The Morgan fingerprint density at radius 1 is 1.52 bits per heavy atom. The number of amides is 1. The van der Waals surface area contributed by atoms with Gasteiger partial charge in [0.05, 0.1) is 18.8 Å². The molecule has 0 aliphatic carbocycles. The Bertz CT molecular complexity index is 436. The number of nitrogens with one attached hydrogen (secondary N) is 1. The fourth-order valence-corrected chi connectivity index (χ4v) is 2.75. The van der Waals surface area contributed by atoms with Gasteiger partial charge in [-0.05, 0) is 45.4 Å². The fraction of sp³-hybridized carbons (Fsp3) is 0.625. The molecule has 116 valence electrons. The monoisotopic (exact) mass is 291 g/mol. The summed E-state index contributed by atoms with van der Waals surface area (Å²) in [5, 5.41) is 2.98. The molecule has 21 heavy (non-hydrogen) atoms. The van der Waals surface area contributed by atoms with E-state index in [9.17, 15) is 4.79 Å². The quantitative estimate of drug-likeness (QED) is 0.813. The van der Waals surface area contributed by atoms with Crippen molar-refractivity contribution in [3.8, 4) is 5.75 Å². The van der Waals surface area contributed by atoms with Crippen molar-refractivity contribution in [1.29, 1.82) is 0 Å². The molecule has 1 aromatic rings. The highest BCUT2D eigenvalue weighted by atomic mass is 16.5. The van der Waals surface area contributed by atoms with Crippen LogP contribution in [0.15, 0.2) is 24.5 Å². The summed E-state index contributed by atoms with van der Waals surface area (Å²) in [6, 6.07) is 4.11. The van der Waals surface area contributed by atoms with Gasteiger partial charge in [0.2, 0.25) is 5.91 Å². The van der Waals surface area contributed by atoms with Crippen molar-refractivity contribution < 1.29 is 9.53 Å². The lowest BCUT2D eigenvalue weighted by Crippen LogP contribution is -2.52. The maximum Gasteiger partial charge on any atom is 0.237 e. The summed E-state index contributed by atoms with van der Waals surface area (Å²) in [4.78, 5) is 18.6. The first-order valence-corrected chi connectivity index (χ1v) is 7.75. The second kappa shape index (κ2) is 7.98. The predicted molar refractivity (Wildman–Crippen MR) is 82.2 cm³/mol. The predicted octanol–water partition coefficient (Wildman–Crippen LogP) is 1.84. The molecule has 1 atom stereocenters. The minimum atomic E-state index is 0.0112. The van der Waals surface area contributed by atoms with Gasteiger partial charge in [-0.15, -0.1) is 0 Å². The van der Waals surface area contributed by atoms with Crippen LogP contribution in [-0.2, 0) is 4.79 Å². The van der Waals surface area contributed by atoms with Gasteiger partial charge in [-0.2, -0.15) is 0 Å². The van der Waals surface area contributed by atoms with Gasteiger partial charge in [0.15, 0.2) is 0 Å². The van der Waals surface area contributed by atoms with Crippen LogP contribution in [0.3, 0.4) is 0 Å². The molecule has 2 rings (SSSR count). The first-order valence-electron chi connectivity index (χ1n) is 7.75. The second-order valence-electron chi connectivity index (χ2n) is 5.67. The van der Waals surface area contributed by atoms with E-state index in [-0.39, 0.29) is 11.9 Å². The molecule has 1 fully saturated rings. The second-order valence-corrected chi connectivity index (χ2v) is 5.67. The zero-order valence-electron chi connectivity index (χ0n) is 12.9. The van der Waals surface area contributed by atoms with Gasteiger partial charge in [0.1, 0.15) is 12.4 Å². The third-order valence-corrected chi connectivity index (χ3v) is 3.81. The SMILES string of the molecule is CC(C)N1CCCC[C@H]1C(=O)NCCOc1cccnc1. The normalized spacial score (nSPS) is 19.5. The number of hydrogen-bond donors (Lipinski definition) is 1. The highest BCUT2D eigenvalue weighted by Crippen LogP contribution is 2.19. The molecule has 0 bridgehead atoms. The third kappa shape index (κ3) is 4.70. The molecule has 1 amide bonds. The van der Waals surface area contributed by atoms with Crippen molar-refractivity contribution in [2.24, 2.45) is 0 Å². The van der Waals surface area contributed by atoms with Crippen molar-refractivity contribution in [1.82, 2.24) is 15.2 Å². The van der Waals surface area contributed by atoms with E-state index in [0.717, 1.165) is 25.1 Å². The zero-order valence-corrected chi connectivity index (χ0v) is 12.9. The Kier molecular flexibility index (Phi) is 5.99. The van der Waals surface area contributed by atoms with E-state index >= 15 is 0 Å². The van der Waals surface area contributed by atoms with E-state index in [0.29, 0.717) is 19.2 Å². The van der Waals surface area contributed by atoms with E-state index < -0.39 is 0 Å². The lowest BCUT2D eigenvalue weighted by Gasteiger charge is -2.37. The van der Waals surface area contributed by atoms with E-state index in [1.165, 1.54) is 6.42 Å². The number of rotatable bonds is 6. The molecule has 5 heteroatoms. The number of carbonyl (C=O) groups is 1. The highest BCUT2D eigenvalue weighted by molar-refractivity contribution is 5.81. The molecule has 0 saturated carbocycles. The van der Waals surface area contributed by atoms with Crippen LogP contribution < -0.4 is 10.1 Å². The van der Waals surface area contributed by atoms with Crippen LogP contribution in [0.4, 0.5) is 0 Å². The molecular weight excluding hydrogens is 266 g/mol. The molecule has 1 N–H and O–H groups in total. The summed E-state index contributed by atoms with van der Waals surface area (Å²) in [6.45, 7) is 6.30. The van der Waals surface area contributed by atoms with Crippen molar-refractivity contribution in [2.45, 2.75) is 45.2 Å². The van der Waals surface area contributed by atoms with Crippen LogP contribution in [0.25, 0.3) is 0 Å². The van der Waals surface area contributed by atoms with E-state index in [2.05, 4.69) is 29.0 Å². The topological polar surface area (TPSA) is 54.5 Å². The number of pyridine rings is 1. The Morgan fingerprint density at radius 2 is 2.38 bits per heavy atom. The standard InChI is InChI=1S/C16H25N3O2/c1-13(2)19-10-4-3-7-15(19)16(20)18-9-11-21-14-6-5-8-17-12-14/h5-6,8,12-13,15H,3-4,7,9-11H2,1-2H3,(H,18,20)/t15-/m0/s1. The van der Waals surface area contributed by atoms with E-state index in [4.69, 9.17) is 4.74 Å². The number of nitrogens with zero attached hydrogens (tertiary/aromatic N) is 2. The smallest absolute Gasteiger partial charge is 0.237 e. The molecule has 0 spiro atoms. The van der Waals surface area contributed by atoms with Crippen LogP contribution >= 0.6 is 0 Å². The Balaban J connectivity index is 1.73. The summed E-state index contributed by atoms with van der Waals surface area (Å²) in [5.74, 6) is 0.853. The van der Waals surface area contributed by atoms with Crippen molar-refractivity contribution >= 4 is 5.91 Å². The summed E-state index contributed by atoms with van der Waals surface area (Å²) < 4.78 is 5.53. The summed E-state index contributed by atoms with van der Waals surface area (Å²) in [7, 11) is 0. The number of piperidine rings is 1. The van der Waals surface area contributed by atoms with E-state index in [1.54, 1.807) is 12.4 Å². The molecule has 0 unspecified atom stereocenters. The third-order valence-electron chi connectivity index (χ3n) is 3.81. The van der Waals surface area contributed by atoms with Gasteiger partial charge in [0.25, 0.3) is 0 Å². The number of likely N-dealkylation sites (tertiary alicyclic amines) is 1. The molecule has 1 aromatic heterocycles. The molecule has 2 heterocycles. The minimum Gasteiger partial charge on any atom is -0.490 e. The van der Waals surface area contributed by atoms with Crippen LogP contribution in [0.1, 0.15) is 33.1 Å². The van der Waals surface area contributed by atoms with Gasteiger partial charge < -0.3 is 10.1 Å². The number of ether oxygens (including phenoxy) is 1. The first-order chi connectivity index (χ1) is 10.2. The average Bonchev–Trinajstić information content (AvgIpc) is 2.52. The lowest BCUT2D eigenvalue weighted by atomic mass is 10.00. The number of aromatic nitrogens is 1. The maximum atomic E-state index is 12.3. The van der Waals surface area contributed by atoms with Crippen LogP contribution in [0.5, 0.6) is 5.75 Å². The van der Waals surface area contributed by atoms with Gasteiger partial charge in [-0.25, -0.2) is 0 Å². The van der Waals surface area contributed by atoms with Crippen molar-refractivity contribution in [3.05, 3.63) is 24.5 Å². The summed E-state index contributed by atoms with van der Waals surface area (Å²) >= 11 is 0. The Hall–Kier alpha value is -1.62.